The minimum absolute atomic E-state index is 0.0464. The van der Waals surface area contributed by atoms with Crippen molar-refractivity contribution in [1.82, 2.24) is 0 Å². The Bertz CT molecular complexity index is 422. The Morgan fingerprint density at radius 3 is 2.44 bits per heavy atom. The highest BCUT2D eigenvalue weighted by Gasteiger charge is 2.23. The number of hydrogen-bond donors (Lipinski definition) is 0. The summed E-state index contributed by atoms with van der Waals surface area (Å²) in [5.74, 6) is -1.19. The number of ether oxygens (including phenoxy) is 1. The first-order valence-corrected chi connectivity index (χ1v) is 5.69. The molecule has 0 unspecified atom stereocenters. The minimum atomic E-state index is -0.652. The summed E-state index contributed by atoms with van der Waals surface area (Å²) in [5.41, 5.74) is -0.258. The van der Waals surface area contributed by atoms with E-state index in [-0.39, 0.29) is 5.56 Å². The second-order valence-electron chi connectivity index (χ2n) is 4.56. The van der Waals surface area contributed by atoms with E-state index in [1.807, 2.05) is 0 Å². The van der Waals surface area contributed by atoms with E-state index in [1.54, 1.807) is 39.8 Å². The smallest absolute Gasteiger partial charge is 0.342 e. The highest BCUT2D eigenvalue weighted by atomic mass is 79.9. The van der Waals surface area contributed by atoms with Crippen molar-refractivity contribution in [3.8, 4) is 0 Å². The monoisotopic (exact) mass is 288 g/mol. The van der Waals surface area contributed by atoms with Gasteiger partial charge in [-0.15, -0.1) is 0 Å². The van der Waals surface area contributed by atoms with Gasteiger partial charge in [0, 0.05) is 4.47 Å². The van der Waals surface area contributed by atoms with Crippen molar-refractivity contribution in [3.63, 3.8) is 0 Å². The molecular formula is C12H14BrFO2. The lowest BCUT2D eigenvalue weighted by Gasteiger charge is -2.20. The van der Waals surface area contributed by atoms with E-state index in [0.717, 1.165) is 0 Å². The van der Waals surface area contributed by atoms with Crippen LogP contribution in [0.25, 0.3) is 0 Å². The zero-order valence-electron chi connectivity index (χ0n) is 9.73. The van der Waals surface area contributed by atoms with E-state index in [9.17, 15) is 9.18 Å². The molecule has 0 spiro atoms. The van der Waals surface area contributed by atoms with Crippen molar-refractivity contribution in [2.45, 2.75) is 33.3 Å². The maximum atomic E-state index is 13.8. The molecule has 88 valence electrons. The Kier molecular flexibility index (Phi) is 3.73. The second kappa shape index (κ2) is 4.53. The maximum Gasteiger partial charge on any atom is 0.342 e. The van der Waals surface area contributed by atoms with Gasteiger partial charge in [-0.2, -0.15) is 0 Å². The van der Waals surface area contributed by atoms with E-state index in [1.165, 1.54) is 0 Å². The molecule has 0 aliphatic heterocycles. The summed E-state index contributed by atoms with van der Waals surface area (Å²) in [7, 11) is 0. The van der Waals surface area contributed by atoms with Crippen LogP contribution in [0.1, 0.15) is 36.7 Å². The van der Waals surface area contributed by atoms with Gasteiger partial charge in [0.05, 0.1) is 0 Å². The molecule has 0 N–H and O–H groups in total. The van der Waals surface area contributed by atoms with Gasteiger partial charge in [-0.3, -0.25) is 0 Å². The van der Waals surface area contributed by atoms with Crippen LogP contribution in [0.5, 0.6) is 0 Å². The number of carbonyl (C=O) groups is 1. The van der Waals surface area contributed by atoms with E-state index in [4.69, 9.17) is 4.74 Å². The number of halogens is 2. The summed E-state index contributed by atoms with van der Waals surface area (Å²) >= 11 is 3.15. The van der Waals surface area contributed by atoms with Crippen molar-refractivity contribution in [3.05, 3.63) is 33.5 Å². The molecule has 0 aliphatic rings. The summed E-state index contributed by atoms with van der Waals surface area (Å²) < 4.78 is 19.3. The van der Waals surface area contributed by atoms with Gasteiger partial charge in [-0.25, -0.2) is 9.18 Å². The lowest BCUT2D eigenvalue weighted by Crippen LogP contribution is -2.25. The van der Waals surface area contributed by atoms with Crippen molar-refractivity contribution in [2.75, 3.05) is 0 Å². The third kappa shape index (κ3) is 3.04. The van der Waals surface area contributed by atoms with E-state index >= 15 is 0 Å². The van der Waals surface area contributed by atoms with Crippen LogP contribution in [0, 0.1) is 12.7 Å². The lowest BCUT2D eigenvalue weighted by atomic mass is 10.1. The summed E-state index contributed by atoms with van der Waals surface area (Å²) in [6.45, 7) is 6.83. The summed E-state index contributed by atoms with van der Waals surface area (Å²) in [5, 5.41) is 0. The van der Waals surface area contributed by atoms with Crippen LogP contribution < -0.4 is 0 Å². The summed E-state index contributed by atoms with van der Waals surface area (Å²) in [4.78, 5) is 11.8. The Labute approximate surface area is 103 Å². The number of aryl methyl sites for hydroxylation is 1. The molecule has 0 bridgehead atoms. The van der Waals surface area contributed by atoms with E-state index in [0.29, 0.717) is 10.0 Å². The Morgan fingerprint density at radius 2 is 1.94 bits per heavy atom. The van der Waals surface area contributed by atoms with Gasteiger partial charge in [0.2, 0.25) is 0 Å². The van der Waals surface area contributed by atoms with Crippen LogP contribution >= 0.6 is 15.9 Å². The number of rotatable bonds is 1. The van der Waals surface area contributed by atoms with Gasteiger partial charge >= 0.3 is 5.97 Å². The third-order valence-corrected chi connectivity index (χ3v) is 2.55. The van der Waals surface area contributed by atoms with Gasteiger partial charge < -0.3 is 4.74 Å². The van der Waals surface area contributed by atoms with Crippen LogP contribution in [0.15, 0.2) is 16.6 Å². The second-order valence-corrected chi connectivity index (χ2v) is 5.41. The molecule has 0 heterocycles. The molecule has 0 amide bonds. The molecule has 1 aromatic carbocycles. The van der Waals surface area contributed by atoms with Gasteiger partial charge in [0.25, 0.3) is 0 Å². The van der Waals surface area contributed by atoms with Gasteiger partial charge in [-0.1, -0.05) is 6.07 Å². The zero-order valence-corrected chi connectivity index (χ0v) is 11.3. The van der Waals surface area contributed by atoms with Crippen LogP contribution in [-0.2, 0) is 4.74 Å². The molecule has 1 rings (SSSR count). The number of benzene rings is 1. The van der Waals surface area contributed by atoms with E-state index < -0.39 is 17.4 Å². The Balaban J connectivity index is 3.14. The molecule has 0 saturated heterocycles. The molecule has 0 saturated carbocycles. The largest absolute Gasteiger partial charge is 0.456 e. The Morgan fingerprint density at radius 1 is 1.38 bits per heavy atom. The first-order chi connectivity index (χ1) is 7.22. The fraction of sp³-hybridized carbons (Fsp3) is 0.417. The fourth-order valence-electron chi connectivity index (χ4n) is 1.17. The molecular weight excluding hydrogens is 275 g/mol. The highest BCUT2D eigenvalue weighted by molar-refractivity contribution is 9.10. The average Bonchev–Trinajstić information content (AvgIpc) is 2.09. The molecule has 4 heteroatoms. The topological polar surface area (TPSA) is 26.3 Å². The average molecular weight is 289 g/mol. The van der Waals surface area contributed by atoms with Crippen molar-refractivity contribution >= 4 is 21.9 Å². The quantitative estimate of drug-likeness (QED) is 0.734. The van der Waals surface area contributed by atoms with Gasteiger partial charge in [0.1, 0.15) is 17.0 Å². The molecule has 0 fully saturated rings. The number of esters is 1. The summed E-state index contributed by atoms with van der Waals surface area (Å²) in [6.07, 6.45) is 0. The first-order valence-electron chi connectivity index (χ1n) is 4.90. The van der Waals surface area contributed by atoms with Crippen molar-refractivity contribution in [2.24, 2.45) is 0 Å². The lowest BCUT2D eigenvalue weighted by molar-refractivity contribution is 0.00634. The molecule has 2 nitrogen and oxygen atoms in total. The molecule has 0 aliphatic carbocycles. The zero-order chi connectivity index (χ0) is 12.5. The van der Waals surface area contributed by atoms with Gasteiger partial charge in [0.15, 0.2) is 0 Å². The molecule has 1 aromatic rings. The van der Waals surface area contributed by atoms with Crippen LogP contribution in [0.2, 0.25) is 0 Å². The minimum Gasteiger partial charge on any atom is -0.456 e. The fourth-order valence-corrected chi connectivity index (χ4v) is 1.64. The van der Waals surface area contributed by atoms with Crippen LogP contribution in [0.3, 0.4) is 0 Å². The molecule has 0 aromatic heterocycles. The highest BCUT2D eigenvalue weighted by Crippen LogP contribution is 2.24. The SMILES string of the molecule is Cc1ccc(Br)c(C(=O)OC(C)(C)C)c1F. The number of hydrogen-bond acceptors (Lipinski definition) is 2. The third-order valence-electron chi connectivity index (χ3n) is 1.89. The standard InChI is InChI=1S/C12H14BrFO2/c1-7-5-6-8(13)9(10(7)14)11(15)16-12(2,3)4/h5-6H,1-4H3. The Hall–Kier alpha value is -0.900. The number of carbonyl (C=O) groups excluding carboxylic acids is 1. The predicted octanol–water partition coefficient (Wildman–Crippen LogP) is 3.85. The molecule has 0 atom stereocenters. The first kappa shape index (κ1) is 13.2. The normalized spacial score (nSPS) is 11.4. The van der Waals surface area contributed by atoms with Gasteiger partial charge in [-0.05, 0) is 55.3 Å². The molecule has 0 radical (unpaired) electrons. The maximum absolute atomic E-state index is 13.8. The van der Waals surface area contributed by atoms with Crippen LogP contribution in [0.4, 0.5) is 4.39 Å². The van der Waals surface area contributed by atoms with Crippen molar-refractivity contribution < 1.29 is 13.9 Å². The predicted molar refractivity (Wildman–Crippen MR) is 64.0 cm³/mol. The molecule has 16 heavy (non-hydrogen) atoms. The van der Waals surface area contributed by atoms with Crippen LogP contribution in [-0.4, -0.2) is 11.6 Å². The van der Waals surface area contributed by atoms with Crippen molar-refractivity contribution in [1.29, 1.82) is 0 Å². The summed E-state index contributed by atoms with van der Waals surface area (Å²) in [6, 6.07) is 3.24. The van der Waals surface area contributed by atoms with E-state index in [2.05, 4.69) is 15.9 Å².